The molecule has 0 bridgehead atoms. The van der Waals surface area contributed by atoms with Gasteiger partial charge in [0.25, 0.3) is 0 Å². The van der Waals surface area contributed by atoms with Crippen molar-refractivity contribution in [3.63, 3.8) is 0 Å². The standard InChI is InChI=1S/C14H23N5/c1-6-19(10(2)3)8-7-16-14-13(9-15)11(4)12(5)17-18-14/h10H,6-8H2,1-5H3,(H,16,18). The first-order valence-electron chi connectivity index (χ1n) is 6.73. The number of hydrogen-bond acceptors (Lipinski definition) is 5. The Bertz CT molecular complexity index is 462. The predicted octanol–water partition coefficient (Wildman–Crippen LogP) is 2.11. The maximum absolute atomic E-state index is 9.20. The monoisotopic (exact) mass is 261 g/mol. The Kier molecular flexibility index (Phi) is 5.71. The molecule has 104 valence electrons. The highest BCUT2D eigenvalue weighted by Gasteiger charge is 2.11. The third-order valence-corrected chi connectivity index (χ3v) is 3.39. The minimum absolute atomic E-state index is 0.521. The second kappa shape index (κ2) is 7.05. The normalized spacial score (nSPS) is 10.8. The molecule has 0 saturated carbocycles. The van der Waals surface area contributed by atoms with Gasteiger partial charge in [-0.3, -0.25) is 4.90 Å². The lowest BCUT2D eigenvalue weighted by molar-refractivity contribution is 0.243. The first-order chi connectivity index (χ1) is 9.01. The van der Waals surface area contributed by atoms with Crippen molar-refractivity contribution < 1.29 is 0 Å². The number of anilines is 1. The zero-order valence-corrected chi connectivity index (χ0v) is 12.5. The van der Waals surface area contributed by atoms with Crippen LogP contribution in [0.3, 0.4) is 0 Å². The van der Waals surface area contributed by atoms with Gasteiger partial charge in [-0.05, 0) is 39.8 Å². The summed E-state index contributed by atoms with van der Waals surface area (Å²) >= 11 is 0. The van der Waals surface area contributed by atoms with E-state index in [0.29, 0.717) is 17.4 Å². The Balaban J connectivity index is 2.69. The molecule has 1 N–H and O–H groups in total. The summed E-state index contributed by atoms with van der Waals surface area (Å²) in [5.41, 5.74) is 2.30. The molecule has 5 nitrogen and oxygen atoms in total. The molecule has 0 saturated heterocycles. The van der Waals surface area contributed by atoms with Gasteiger partial charge in [-0.15, -0.1) is 5.10 Å². The van der Waals surface area contributed by atoms with Crippen LogP contribution in [0.1, 0.15) is 37.6 Å². The van der Waals surface area contributed by atoms with Gasteiger partial charge in [0.05, 0.1) is 5.69 Å². The minimum atomic E-state index is 0.521. The topological polar surface area (TPSA) is 64.8 Å². The summed E-state index contributed by atoms with van der Waals surface area (Å²) in [4.78, 5) is 2.35. The van der Waals surface area contributed by atoms with Gasteiger partial charge in [0, 0.05) is 19.1 Å². The van der Waals surface area contributed by atoms with Crippen LogP contribution in [0.5, 0.6) is 0 Å². The van der Waals surface area contributed by atoms with E-state index in [4.69, 9.17) is 0 Å². The van der Waals surface area contributed by atoms with E-state index in [2.05, 4.69) is 47.3 Å². The van der Waals surface area contributed by atoms with Crippen LogP contribution in [0, 0.1) is 25.2 Å². The van der Waals surface area contributed by atoms with Crippen LogP contribution in [-0.4, -0.2) is 40.8 Å². The summed E-state index contributed by atoms with van der Waals surface area (Å²) in [5, 5.41) is 20.6. The molecule has 0 aromatic carbocycles. The molecule has 0 amide bonds. The number of rotatable bonds is 6. The highest BCUT2D eigenvalue weighted by molar-refractivity contribution is 5.55. The van der Waals surface area contributed by atoms with Crippen molar-refractivity contribution in [2.24, 2.45) is 0 Å². The lowest BCUT2D eigenvalue weighted by Gasteiger charge is -2.24. The van der Waals surface area contributed by atoms with Crippen molar-refractivity contribution in [3.8, 4) is 6.07 Å². The third kappa shape index (κ3) is 3.90. The fraction of sp³-hybridized carbons (Fsp3) is 0.643. The van der Waals surface area contributed by atoms with Gasteiger partial charge in [-0.1, -0.05) is 6.92 Å². The summed E-state index contributed by atoms with van der Waals surface area (Å²) in [6.45, 7) is 13.0. The number of nitrogens with zero attached hydrogens (tertiary/aromatic N) is 4. The van der Waals surface area contributed by atoms with Crippen LogP contribution < -0.4 is 5.32 Å². The smallest absolute Gasteiger partial charge is 0.166 e. The molecule has 1 heterocycles. The molecule has 0 fully saturated rings. The van der Waals surface area contributed by atoms with Crippen molar-refractivity contribution in [1.29, 1.82) is 5.26 Å². The summed E-state index contributed by atoms with van der Waals surface area (Å²) in [6, 6.07) is 2.72. The van der Waals surface area contributed by atoms with Crippen LogP contribution in [0.25, 0.3) is 0 Å². The molecule has 0 spiro atoms. The number of nitrogens with one attached hydrogen (secondary N) is 1. The van der Waals surface area contributed by atoms with Crippen molar-refractivity contribution >= 4 is 5.82 Å². The average Bonchev–Trinajstić information content (AvgIpc) is 2.38. The van der Waals surface area contributed by atoms with E-state index in [-0.39, 0.29) is 0 Å². The van der Waals surface area contributed by atoms with Crippen LogP contribution in [-0.2, 0) is 0 Å². The molecule has 0 aliphatic heterocycles. The Hall–Kier alpha value is -1.67. The quantitative estimate of drug-likeness (QED) is 0.849. The Morgan fingerprint density at radius 1 is 1.32 bits per heavy atom. The molecular formula is C14H23N5. The molecule has 0 aliphatic carbocycles. The van der Waals surface area contributed by atoms with Gasteiger partial charge in [0.2, 0.25) is 0 Å². The van der Waals surface area contributed by atoms with Gasteiger partial charge in [-0.2, -0.15) is 10.4 Å². The Morgan fingerprint density at radius 3 is 2.53 bits per heavy atom. The molecule has 0 atom stereocenters. The van der Waals surface area contributed by atoms with Crippen molar-refractivity contribution in [2.75, 3.05) is 25.0 Å². The molecular weight excluding hydrogens is 238 g/mol. The summed E-state index contributed by atoms with van der Waals surface area (Å²) in [5.74, 6) is 0.588. The molecule has 19 heavy (non-hydrogen) atoms. The zero-order chi connectivity index (χ0) is 14.4. The number of likely N-dealkylation sites (N-methyl/N-ethyl adjacent to an activating group) is 1. The summed E-state index contributed by atoms with van der Waals surface area (Å²) in [7, 11) is 0. The largest absolute Gasteiger partial charge is 0.366 e. The first-order valence-corrected chi connectivity index (χ1v) is 6.73. The SMILES string of the molecule is CCN(CCNc1nnc(C)c(C)c1C#N)C(C)C. The van der Waals surface area contributed by atoms with Gasteiger partial charge >= 0.3 is 0 Å². The summed E-state index contributed by atoms with van der Waals surface area (Å²) < 4.78 is 0. The van der Waals surface area contributed by atoms with E-state index in [9.17, 15) is 5.26 Å². The highest BCUT2D eigenvalue weighted by atomic mass is 15.2. The molecule has 0 aliphatic rings. The van der Waals surface area contributed by atoms with E-state index < -0.39 is 0 Å². The van der Waals surface area contributed by atoms with Crippen LogP contribution in [0.4, 0.5) is 5.82 Å². The van der Waals surface area contributed by atoms with Crippen LogP contribution in [0.15, 0.2) is 0 Å². The van der Waals surface area contributed by atoms with Crippen LogP contribution >= 0.6 is 0 Å². The second-order valence-corrected chi connectivity index (χ2v) is 4.89. The molecule has 0 radical (unpaired) electrons. The first kappa shape index (κ1) is 15.4. The minimum Gasteiger partial charge on any atom is -0.366 e. The Labute approximate surface area is 115 Å². The van der Waals surface area contributed by atoms with E-state index in [0.717, 1.165) is 30.9 Å². The van der Waals surface area contributed by atoms with E-state index in [1.165, 1.54) is 0 Å². The average molecular weight is 261 g/mol. The molecule has 1 rings (SSSR count). The Morgan fingerprint density at radius 2 is 2.00 bits per heavy atom. The number of aryl methyl sites for hydroxylation is 1. The van der Waals surface area contributed by atoms with E-state index in [1.807, 2.05) is 13.8 Å². The number of aromatic nitrogens is 2. The lowest BCUT2D eigenvalue weighted by atomic mass is 10.1. The van der Waals surface area contributed by atoms with Gasteiger partial charge in [-0.25, -0.2) is 0 Å². The molecule has 5 heteroatoms. The lowest BCUT2D eigenvalue weighted by Crippen LogP contribution is -2.34. The second-order valence-electron chi connectivity index (χ2n) is 4.89. The maximum Gasteiger partial charge on any atom is 0.166 e. The van der Waals surface area contributed by atoms with Crippen molar-refractivity contribution in [1.82, 2.24) is 15.1 Å². The van der Waals surface area contributed by atoms with E-state index >= 15 is 0 Å². The van der Waals surface area contributed by atoms with E-state index in [1.54, 1.807) is 0 Å². The fourth-order valence-electron chi connectivity index (χ4n) is 1.97. The number of nitriles is 1. The highest BCUT2D eigenvalue weighted by Crippen LogP contribution is 2.16. The molecule has 0 unspecified atom stereocenters. The van der Waals surface area contributed by atoms with Gasteiger partial charge < -0.3 is 5.32 Å². The van der Waals surface area contributed by atoms with Crippen molar-refractivity contribution in [2.45, 2.75) is 40.7 Å². The third-order valence-electron chi connectivity index (χ3n) is 3.39. The van der Waals surface area contributed by atoms with Gasteiger partial charge in [0.15, 0.2) is 5.82 Å². The number of hydrogen-bond donors (Lipinski definition) is 1. The molecule has 1 aromatic rings. The fourth-order valence-corrected chi connectivity index (χ4v) is 1.97. The van der Waals surface area contributed by atoms with Crippen molar-refractivity contribution in [3.05, 3.63) is 16.8 Å². The summed E-state index contributed by atoms with van der Waals surface area (Å²) in [6.07, 6.45) is 0. The maximum atomic E-state index is 9.20. The zero-order valence-electron chi connectivity index (χ0n) is 12.5. The molecule has 1 aromatic heterocycles. The van der Waals surface area contributed by atoms with Gasteiger partial charge in [0.1, 0.15) is 11.6 Å². The predicted molar refractivity (Wildman–Crippen MR) is 77.1 cm³/mol. The van der Waals surface area contributed by atoms with Crippen LogP contribution in [0.2, 0.25) is 0 Å².